The molecule has 1 aliphatic heterocycles. The minimum atomic E-state index is 0.123. The molecule has 0 radical (unpaired) electrons. The molecule has 3 nitrogen and oxygen atoms in total. The van der Waals surface area contributed by atoms with Gasteiger partial charge in [0.2, 0.25) is 0 Å². The molecule has 0 amide bonds. The van der Waals surface area contributed by atoms with E-state index in [-0.39, 0.29) is 6.04 Å². The van der Waals surface area contributed by atoms with E-state index in [2.05, 4.69) is 40.6 Å². The highest BCUT2D eigenvalue weighted by molar-refractivity contribution is 5.85. The number of hydrogen-bond donors (Lipinski definition) is 3. The zero-order valence-corrected chi connectivity index (χ0v) is 11.1. The summed E-state index contributed by atoms with van der Waals surface area (Å²) in [7, 11) is 0. The maximum Gasteiger partial charge on any atom is 0.115 e. The van der Waals surface area contributed by atoms with Gasteiger partial charge in [-0.1, -0.05) is 30.3 Å². The van der Waals surface area contributed by atoms with Gasteiger partial charge >= 0.3 is 0 Å². The summed E-state index contributed by atoms with van der Waals surface area (Å²) in [4.78, 5) is 3.54. The Hall–Kier alpha value is -2.26. The van der Waals surface area contributed by atoms with Gasteiger partial charge in [-0.05, 0) is 35.7 Å². The number of aromatic hydroxyl groups is 1. The fraction of sp³-hybridized carbons (Fsp3) is 0.176. The van der Waals surface area contributed by atoms with Gasteiger partial charge in [-0.3, -0.25) is 0 Å². The molecule has 1 unspecified atom stereocenters. The first-order chi connectivity index (χ1) is 9.83. The first-order valence-electron chi connectivity index (χ1n) is 6.95. The quantitative estimate of drug-likeness (QED) is 0.632. The van der Waals surface area contributed by atoms with Gasteiger partial charge in [-0.25, -0.2) is 0 Å². The first kappa shape index (κ1) is 11.6. The number of aromatic amines is 1. The lowest BCUT2D eigenvalue weighted by molar-refractivity contribution is 0.472. The number of rotatable bonds is 1. The summed E-state index contributed by atoms with van der Waals surface area (Å²) in [5.41, 5.74) is 4.90. The van der Waals surface area contributed by atoms with Gasteiger partial charge in [0.25, 0.3) is 0 Å². The van der Waals surface area contributed by atoms with Crippen molar-refractivity contribution in [1.82, 2.24) is 10.3 Å². The van der Waals surface area contributed by atoms with Crippen LogP contribution in [0.2, 0.25) is 0 Å². The maximum absolute atomic E-state index is 9.69. The number of phenolic OH excluding ortho intramolecular Hbond substituents is 1. The topological polar surface area (TPSA) is 48.0 Å². The number of H-pyrrole nitrogens is 1. The first-order valence-corrected chi connectivity index (χ1v) is 6.95. The highest BCUT2D eigenvalue weighted by atomic mass is 16.3. The largest absolute Gasteiger partial charge is 0.508 e. The van der Waals surface area contributed by atoms with Crippen LogP contribution in [0.4, 0.5) is 0 Å². The summed E-state index contributed by atoms with van der Waals surface area (Å²) in [6.07, 6.45) is 1.04. The second kappa shape index (κ2) is 4.39. The summed E-state index contributed by atoms with van der Waals surface area (Å²) >= 11 is 0. The van der Waals surface area contributed by atoms with Crippen molar-refractivity contribution in [3.63, 3.8) is 0 Å². The van der Waals surface area contributed by atoms with Gasteiger partial charge < -0.3 is 15.4 Å². The van der Waals surface area contributed by atoms with E-state index in [1.807, 2.05) is 12.1 Å². The smallest absolute Gasteiger partial charge is 0.115 e. The van der Waals surface area contributed by atoms with Gasteiger partial charge in [-0.15, -0.1) is 0 Å². The zero-order chi connectivity index (χ0) is 13.5. The molecule has 0 aliphatic carbocycles. The van der Waals surface area contributed by atoms with Crippen LogP contribution in [0.5, 0.6) is 5.75 Å². The molecule has 1 aliphatic rings. The van der Waals surface area contributed by atoms with Gasteiger partial charge in [0.1, 0.15) is 5.75 Å². The van der Waals surface area contributed by atoms with Crippen LogP contribution in [-0.2, 0) is 6.42 Å². The Kier molecular flexibility index (Phi) is 2.54. The van der Waals surface area contributed by atoms with E-state index in [4.69, 9.17) is 0 Å². The molecule has 1 aromatic heterocycles. The van der Waals surface area contributed by atoms with Crippen molar-refractivity contribution in [3.05, 3.63) is 65.4 Å². The number of aromatic nitrogens is 1. The molecule has 20 heavy (non-hydrogen) atoms. The molecule has 3 N–H and O–H groups in total. The van der Waals surface area contributed by atoms with Crippen molar-refractivity contribution in [2.75, 3.05) is 6.54 Å². The molecule has 4 rings (SSSR count). The lowest BCUT2D eigenvalue weighted by Gasteiger charge is -2.24. The molecule has 1 atom stereocenters. The van der Waals surface area contributed by atoms with Crippen molar-refractivity contribution in [1.29, 1.82) is 0 Å². The van der Waals surface area contributed by atoms with Crippen molar-refractivity contribution >= 4 is 10.9 Å². The molecule has 0 bridgehead atoms. The minimum Gasteiger partial charge on any atom is -0.508 e. The number of hydrogen-bond acceptors (Lipinski definition) is 2. The van der Waals surface area contributed by atoms with Crippen LogP contribution in [0, 0.1) is 0 Å². The molecule has 3 aromatic rings. The summed E-state index contributed by atoms with van der Waals surface area (Å²) in [5, 5.41) is 14.5. The summed E-state index contributed by atoms with van der Waals surface area (Å²) in [6, 6.07) is 16.0. The van der Waals surface area contributed by atoms with Crippen molar-refractivity contribution in [2.24, 2.45) is 0 Å². The molecule has 2 aromatic carbocycles. The zero-order valence-electron chi connectivity index (χ0n) is 11.1. The van der Waals surface area contributed by atoms with Crippen LogP contribution in [-0.4, -0.2) is 16.6 Å². The van der Waals surface area contributed by atoms with E-state index in [9.17, 15) is 5.11 Å². The van der Waals surface area contributed by atoms with Crippen LogP contribution < -0.4 is 5.32 Å². The normalized spacial score (nSPS) is 18.1. The van der Waals surface area contributed by atoms with Crippen LogP contribution in [0.25, 0.3) is 10.9 Å². The number of benzene rings is 2. The number of nitrogens with one attached hydrogen (secondary N) is 2. The maximum atomic E-state index is 9.69. The third-order valence-electron chi connectivity index (χ3n) is 4.06. The van der Waals surface area contributed by atoms with E-state index in [1.54, 1.807) is 6.07 Å². The van der Waals surface area contributed by atoms with Crippen LogP contribution >= 0.6 is 0 Å². The SMILES string of the molecule is Oc1cccc(C2NCCc3c2[nH]c2ccccc32)c1. The number of fused-ring (bicyclic) bond motifs is 3. The van der Waals surface area contributed by atoms with Crippen LogP contribution in [0.1, 0.15) is 22.9 Å². The van der Waals surface area contributed by atoms with Crippen LogP contribution in [0.3, 0.4) is 0 Å². The molecule has 0 saturated heterocycles. The Bertz CT molecular complexity index is 776. The Morgan fingerprint density at radius 2 is 1.95 bits per heavy atom. The average Bonchev–Trinajstić information content (AvgIpc) is 2.86. The predicted octanol–water partition coefficient (Wildman–Crippen LogP) is 3.11. The van der Waals surface area contributed by atoms with E-state index < -0.39 is 0 Å². The Labute approximate surface area is 117 Å². The van der Waals surface area contributed by atoms with Gasteiger partial charge in [0.05, 0.1) is 6.04 Å². The highest BCUT2D eigenvalue weighted by Crippen LogP contribution is 2.34. The molecule has 0 fully saturated rings. The van der Waals surface area contributed by atoms with Crippen molar-refractivity contribution in [3.8, 4) is 5.75 Å². The van der Waals surface area contributed by atoms with E-state index in [0.717, 1.165) is 18.5 Å². The third kappa shape index (κ3) is 1.71. The Balaban J connectivity index is 1.90. The molecule has 100 valence electrons. The van der Waals surface area contributed by atoms with Gasteiger partial charge in [0.15, 0.2) is 0 Å². The number of phenols is 1. The molecular weight excluding hydrogens is 248 g/mol. The lowest BCUT2D eigenvalue weighted by atomic mass is 9.94. The second-order valence-electron chi connectivity index (χ2n) is 5.29. The highest BCUT2D eigenvalue weighted by Gasteiger charge is 2.25. The van der Waals surface area contributed by atoms with Crippen LogP contribution in [0.15, 0.2) is 48.5 Å². The summed E-state index contributed by atoms with van der Waals surface area (Å²) < 4.78 is 0. The minimum absolute atomic E-state index is 0.123. The third-order valence-corrected chi connectivity index (χ3v) is 4.06. The predicted molar refractivity (Wildman–Crippen MR) is 80.0 cm³/mol. The van der Waals surface area contributed by atoms with E-state index in [1.165, 1.54) is 22.2 Å². The average molecular weight is 264 g/mol. The van der Waals surface area contributed by atoms with E-state index >= 15 is 0 Å². The van der Waals surface area contributed by atoms with Crippen molar-refractivity contribution < 1.29 is 5.11 Å². The standard InChI is InChI=1S/C17H16N2O/c20-12-5-3-4-11(10-12)16-17-14(8-9-18-16)13-6-1-2-7-15(13)19-17/h1-7,10,16,18-20H,8-9H2. The molecule has 0 saturated carbocycles. The monoisotopic (exact) mass is 264 g/mol. The molecule has 3 heteroatoms. The van der Waals surface area contributed by atoms with Crippen molar-refractivity contribution in [2.45, 2.75) is 12.5 Å². The van der Waals surface area contributed by atoms with Gasteiger partial charge in [0, 0.05) is 23.1 Å². The summed E-state index contributed by atoms with van der Waals surface area (Å²) in [5.74, 6) is 0.313. The van der Waals surface area contributed by atoms with E-state index in [0.29, 0.717) is 5.75 Å². The molecular formula is C17H16N2O. The lowest BCUT2D eigenvalue weighted by Crippen LogP contribution is -2.30. The Morgan fingerprint density at radius 3 is 2.85 bits per heavy atom. The Morgan fingerprint density at radius 1 is 1.05 bits per heavy atom. The molecule has 0 spiro atoms. The second-order valence-corrected chi connectivity index (χ2v) is 5.29. The van der Waals surface area contributed by atoms with Gasteiger partial charge in [-0.2, -0.15) is 0 Å². The fourth-order valence-electron chi connectivity index (χ4n) is 3.17. The number of para-hydroxylation sites is 1. The fourth-order valence-corrected chi connectivity index (χ4v) is 3.17. The summed E-state index contributed by atoms with van der Waals surface area (Å²) in [6.45, 7) is 0.954. The molecule has 2 heterocycles.